The molecule has 3 nitrogen and oxygen atoms in total. The van der Waals surface area contributed by atoms with Crippen LogP contribution in [-0.4, -0.2) is 30.6 Å². The summed E-state index contributed by atoms with van der Waals surface area (Å²) in [4.78, 5) is 10.9. The maximum atomic E-state index is 10.9. The van der Waals surface area contributed by atoms with Crippen molar-refractivity contribution in [1.82, 2.24) is 4.42 Å². The number of rotatable bonds is 1. The second-order valence-electron chi connectivity index (χ2n) is 2.38. The van der Waals surface area contributed by atoms with Gasteiger partial charge in [-0.1, -0.05) is 0 Å². The maximum absolute atomic E-state index is 10.9. The van der Waals surface area contributed by atoms with Gasteiger partial charge in [-0.25, -0.2) is 4.42 Å². The molecule has 0 amide bonds. The average molecular weight is 164 g/mol. The minimum absolute atomic E-state index is 0.0116. The normalized spacial score (nSPS) is 26.8. The summed E-state index contributed by atoms with van der Waals surface area (Å²) in [6, 6.07) is 0. The topological polar surface area (TPSA) is 29.5 Å². The van der Waals surface area contributed by atoms with Crippen molar-refractivity contribution in [1.29, 1.82) is 0 Å². The first-order chi connectivity index (χ1) is 4.74. The van der Waals surface area contributed by atoms with Crippen LogP contribution in [0, 0.1) is 5.92 Å². The number of hydrogen-bond donors (Lipinski definition) is 0. The van der Waals surface area contributed by atoms with Gasteiger partial charge in [-0.15, -0.1) is 0 Å². The molecule has 0 aromatic carbocycles. The Morgan fingerprint density at radius 1 is 1.80 bits per heavy atom. The van der Waals surface area contributed by atoms with Crippen molar-refractivity contribution >= 4 is 17.7 Å². The Morgan fingerprint density at radius 3 is 2.90 bits per heavy atom. The van der Waals surface area contributed by atoms with Crippen LogP contribution in [0.2, 0.25) is 0 Å². The van der Waals surface area contributed by atoms with Gasteiger partial charge in [0.25, 0.3) is 0 Å². The highest BCUT2D eigenvalue weighted by Gasteiger charge is 2.27. The average Bonchev–Trinajstić information content (AvgIpc) is 2.34. The third-order valence-electron chi connectivity index (χ3n) is 1.67. The van der Waals surface area contributed by atoms with Crippen LogP contribution in [-0.2, 0) is 9.53 Å². The quantitative estimate of drug-likeness (QED) is 0.420. The summed E-state index contributed by atoms with van der Waals surface area (Å²) < 4.78 is 6.17. The van der Waals surface area contributed by atoms with Crippen LogP contribution in [0.3, 0.4) is 0 Å². The van der Waals surface area contributed by atoms with Gasteiger partial charge in [0.1, 0.15) is 0 Å². The number of esters is 1. The predicted octanol–water partition coefficient (Wildman–Crippen LogP) is 0.635. The molecule has 1 aliphatic heterocycles. The minimum atomic E-state index is -0.150. The number of carbonyl (C=O) groups excluding carboxylic acids is 1. The second kappa shape index (κ2) is 3.21. The first-order valence-electron chi connectivity index (χ1n) is 3.22. The van der Waals surface area contributed by atoms with Crippen LogP contribution < -0.4 is 0 Å². The van der Waals surface area contributed by atoms with Gasteiger partial charge in [-0.05, 0) is 18.2 Å². The SMILES string of the molecule is COC(=O)[C@@H]1CCN(Cl)C1. The molecule has 0 aromatic rings. The molecule has 0 saturated carbocycles. The van der Waals surface area contributed by atoms with Crippen molar-refractivity contribution in [2.24, 2.45) is 5.92 Å². The number of nitrogens with zero attached hydrogens (tertiary/aromatic N) is 1. The van der Waals surface area contributed by atoms with E-state index < -0.39 is 0 Å². The fourth-order valence-electron chi connectivity index (χ4n) is 1.08. The lowest BCUT2D eigenvalue weighted by Gasteiger charge is -2.04. The van der Waals surface area contributed by atoms with E-state index in [1.807, 2.05) is 0 Å². The molecule has 1 rings (SSSR count). The Bertz CT molecular complexity index is 140. The zero-order valence-electron chi connectivity index (χ0n) is 5.84. The molecular weight excluding hydrogens is 154 g/mol. The molecule has 0 unspecified atom stereocenters. The Labute approximate surface area is 65.0 Å². The number of hydrogen-bond acceptors (Lipinski definition) is 3. The first kappa shape index (κ1) is 7.82. The van der Waals surface area contributed by atoms with Crippen molar-refractivity contribution in [3.05, 3.63) is 0 Å². The summed E-state index contributed by atoms with van der Waals surface area (Å²) in [6.07, 6.45) is 0.816. The highest BCUT2D eigenvalue weighted by molar-refractivity contribution is 6.13. The number of ether oxygens (including phenoxy) is 1. The zero-order valence-corrected chi connectivity index (χ0v) is 6.60. The first-order valence-corrected chi connectivity index (χ1v) is 3.56. The lowest BCUT2D eigenvalue weighted by Crippen LogP contribution is -2.18. The smallest absolute Gasteiger partial charge is 0.310 e. The van der Waals surface area contributed by atoms with Crippen LogP contribution in [0.1, 0.15) is 6.42 Å². The second-order valence-corrected chi connectivity index (χ2v) is 2.86. The van der Waals surface area contributed by atoms with Gasteiger partial charge in [-0.3, -0.25) is 4.79 Å². The van der Waals surface area contributed by atoms with Crippen LogP contribution in [0.25, 0.3) is 0 Å². The molecule has 0 N–H and O–H groups in total. The Balaban J connectivity index is 2.37. The van der Waals surface area contributed by atoms with E-state index in [0.717, 1.165) is 13.0 Å². The highest BCUT2D eigenvalue weighted by atomic mass is 35.5. The fourth-order valence-corrected chi connectivity index (χ4v) is 1.34. The number of carbonyl (C=O) groups is 1. The monoisotopic (exact) mass is 163 g/mol. The molecule has 0 aromatic heterocycles. The molecule has 0 aliphatic carbocycles. The van der Waals surface area contributed by atoms with Gasteiger partial charge in [0.05, 0.1) is 13.0 Å². The summed E-state index contributed by atoms with van der Waals surface area (Å²) in [5.41, 5.74) is 0. The molecule has 1 saturated heterocycles. The lowest BCUT2D eigenvalue weighted by molar-refractivity contribution is -0.144. The maximum Gasteiger partial charge on any atom is 0.310 e. The van der Waals surface area contributed by atoms with Gasteiger partial charge >= 0.3 is 5.97 Å². The van der Waals surface area contributed by atoms with E-state index >= 15 is 0 Å². The summed E-state index contributed by atoms with van der Waals surface area (Å²) in [5.74, 6) is -0.161. The molecule has 1 aliphatic rings. The fraction of sp³-hybridized carbons (Fsp3) is 0.833. The van der Waals surface area contributed by atoms with Crippen LogP contribution in [0.5, 0.6) is 0 Å². The van der Waals surface area contributed by atoms with Crippen LogP contribution in [0.4, 0.5) is 0 Å². The summed E-state index contributed by atoms with van der Waals surface area (Å²) in [6.45, 7) is 1.40. The highest BCUT2D eigenvalue weighted by Crippen LogP contribution is 2.18. The van der Waals surface area contributed by atoms with E-state index in [1.165, 1.54) is 7.11 Å². The van der Waals surface area contributed by atoms with Gasteiger partial charge in [0.2, 0.25) is 0 Å². The summed E-state index contributed by atoms with van der Waals surface area (Å²) >= 11 is 5.63. The molecule has 1 atom stereocenters. The summed E-state index contributed by atoms with van der Waals surface area (Å²) in [5, 5.41) is 0. The Kier molecular flexibility index (Phi) is 2.51. The lowest BCUT2D eigenvalue weighted by atomic mass is 10.1. The van der Waals surface area contributed by atoms with Crippen LogP contribution >= 0.6 is 11.8 Å². The van der Waals surface area contributed by atoms with E-state index in [9.17, 15) is 4.79 Å². The van der Waals surface area contributed by atoms with Crippen molar-refractivity contribution in [2.75, 3.05) is 20.2 Å². The van der Waals surface area contributed by atoms with E-state index in [1.54, 1.807) is 4.42 Å². The van der Waals surface area contributed by atoms with Crippen molar-refractivity contribution in [2.45, 2.75) is 6.42 Å². The standard InChI is InChI=1S/C6H10ClNO2/c1-10-6(9)5-2-3-8(7)4-5/h5H,2-4H2,1H3/t5-/m1/s1. The van der Waals surface area contributed by atoms with Crippen molar-refractivity contribution in [3.63, 3.8) is 0 Å². The van der Waals surface area contributed by atoms with Gasteiger partial charge in [0.15, 0.2) is 0 Å². The van der Waals surface area contributed by atoms with E-state index in [0.29, 0.717) is 6.54 Å². The van der Waals surface area contributed by atoms with Crippen LogP contribution in [0.15, 0.2) is 0 Å². The molecule has 58 valence electrons. The molecule has 10 heavy (non-hydrogen) atoms. The largest absolute Gasteiger partial charge is 0.469 e. The number of halogens is 1. The summed E-state index contributed by atoms with van der Waals surface area (Å²) in [7, 11) is 1.40. The van der Waals surface area contributed by atoms with E-state index in [2.05, 4.69) is 4.74 Å². The number of methoxy groups -OCH3 is 1. The molecule has 0 bridgehead atoms. The molecule has 0 radical (unpaired) electrons. The van der Waals surface area contributed by atoms with Gasteiger partial charge in [-0.2, -0.15) is 0 Å². The third kappa shape index (κ3) is 1.61. The van der Waals surface area contributed by atoms with E-state index in [4.69, 9.17) is 11.8 Å². The van der Waals surface area contributed by atoms with E-state index in [-0.39, 0.29) is 11.9 Å². The Morgan fingerprint density at radius 2 is 2.50 bits per heavy atom. The molecule has 0 spiro atoms. The molecule has 4 heteroatoms. The van der Waals surface area contributed by atoms with Gasteiger partial charge in [0, 0.05) is 13.1 Å². The molecule has 1 fully saturated rings. The van der Waals surface area contributed by atoms with Gasteiger partial charge < -0.3 is 4.74 Å². The minimum Gasteiger partial charge on any atom is -0.469 e. The molecule has 1 heterocycles. The molecular formula is C6H10ClNO2. The predicted molar refractivity (Wildman–Crippen MR) is 37.5 cm³/mol. The third-order valence-corrected chi connectivity index (χ3v) is 1.98. The van der Waals surface area contributed by atoms with Crippen molar-refractivity contribution < 1.29 is 9.53 Å². The zero-order chi connectivity index (χ0) is 7.56. The van der Waals surface area contributed by atoms with Crippen molar-refractivity contribution in [3.8, 4) is 0 Å². The Hall–Kier alpha value is -0.280.